The van der Waals surface area contributed by atoms with Crippen molar-refractivity contribution in [2.75, 3.05) is 0 Å². The van der Waals surface area contributed by atoms with Crippen LogP contribution in [0.15, 0.2) is 5.38 Å². The van der Waals surface area contributed by atoms with Gasteiger partial charge in [-0.3, -0.25) is 4.79 Å². The van der Waals surface area contributed by atoms with Gasteiger partial charge in [-0.15, -0.1) is 11.3 Å². The van der Waals surface area contributed by atoms with Gasteiger partial charge in [0.1, 0.15) is 5.69 Å². The molecule has 0 aromatic carbocycles. The maximum atomic E-state index is 11.7. The molecule has 2 rings (SSSR count). The van der Waals surface area contributed by atoms with Crippen LogP contribution in [0.5, 0.6) is 0 Å². The molecule has 1 amide bonds. The number of hydrogen-bond acceptors (Lipinski definition) is 4. The zero-order chi connectivity index (χ0) is 10.8. The Kier molecular flexibility index (Phi) is 3.02. The monoisotopic (exact) mass is 225 g/mol. The fourth-order valence-corrected chi connectivity index (χ4v) is 2.47. The average molecular weight is 225 g/mol. The van der Waals surface area contributed by atoms with E-state index >= 15 is 0 Å². The normalized spacial score (nSPS) is 25.5. The number of aryl methyl sites for hydroxylation is 1. The Bertz CT molecular complexity index is 363. The quantitative estimate of drug-likeness (QED) is 0.791. The topological polar surface area (TPSA) is 68.0 Å². The Morgan fingerprint density at radius 1 is 1.67 bits per heavy atom. The van der Waals surface area contributed by atoms with Crippen molar-refractivity contribution in [1.82, 2.24) is 10.3 Å². The molecular weight excluding hydrogens is 210 g/mol. The molecule has 1 saturated carbocycles. The number of aromatic nitrogens is 1. The Hall–Kier alpha value is -0.940. The standard InChI is InChI=1S/C10H15N3OS/c1-6-12-9(5-15-6)10(14)13-8-4-2-3-7(8)11/h5,7-8H,2-4,11H2,1H3,(H,13,14). The maximum Gasteiger partial charge on any atom is 0.271 e. The van der Waals surface area contributed by atoms with E-state index in [0.717, 1.165) is 24.3 Å². The Labute approximate surface area is 92.9 Å². The summed E-state index contributed by atoms with van der Waals surface area (Å²) in [4.78, 5) is 15.9. The number of nitrogens with zero attached hydrogens (tertiary/aromatic N) is 1. The van der Waals surface area contributed by atoms with Crippen molar-refractivity contribution in [3.05, 3.63) is 16.1 Å². The number of thiazole rings is 1. The average Bonchev–Trinajstić information content (AvgIpc) is 2.77. The van der Waals surface area contributed by atoms with Crippen molar-refractivity contribution in [2.45, 2.75) is 38.3 Å². The molecule has 0 saturated heterocycles. The minimum atomic E-state index is -0.0956. The zero-order valence-corrected chi connectivity index (χ0v) is 9.51. The molecule has 1 aliphatic rings. The number of carbonyl (C=O) groups is 1. The molecule has 1 fully saturated rings. The molecule has 1 aromatic rings. The fraction of sp³-hybridized carbons (Fsp3) is 0.600. The highest BCUT2D eigenvalue weighted by atomic mass is 32.1. The number of nitrogens with two attached hydrogens (primary N) is 1. The van der Waals surface area contributed by atoms with Gasteiger partial charge < -0.3 is 11.1 Å². The van der Waals surface area contributed by atoms with Gasteiger partial charge in [0.25, 0.3) is 5.91 Å². The van der Waals surface area contributed by atoms with Crippen molar-refractivity contribution in [1.29, 1.82) is 0 Å². The molecule has 4 nitrogen and oxygen atoms in total. The Balaban J connectivity index is 1.97. The number of rotatable bonds is 2. The lowest BCUT2D eigenvalue weighted by atomic mass is 10.2. The smallest absolute Gasteiger partial charge is 0.271 e. The highest BCUT2D eigenvalue weighted by Crippen LogP contribution is 2.17. The third kappa shape index (κ3) is 2.35. The summed E-state index contributed by atoms with van der Waals surface area (Å²) >= 11 is 1.49. The third-order valence-corrected chi connectivity index (χ3v) is 3.51. The van der Waals surface area contributed by atoms with Gasteiger partial charge >= 0.3 is 0 Å². The second-order valence-electron chi connectivity index (χ2n) is 3.93. The molecule has 1 heterocycles. The maximum absolute atomic E-state index is 11.7. The van der Waals surface area contributed by atoms with Crippen molar-refractivity contribution in [2.24, 2.45) is 5.73 Å². The minimum absolute atomic E-state index is 0.0956. The lowest BCUT2D eigenvalue weighted by molar-refractivity contribution is 0.0930. The lowest BCUT2D eigenvalue weighted by Gasteiger charge is -2.16. The summed E-state index contributed by atoms with van der Waals surface area (Å²) in [7, 11) is 0. The van der Waals surface area contributed by atoms with Crippen molar-refractivity contribution < 1.29 is 4.79 Å². The molecule has 0 radical (unpaired) electrons. The summed E-state index contributed by atoms with van der Waals surface area (Å²) in [5.74, 6) is -0.0956. The van der Waals surface area contributed by atoms with E-state index in [9.17, 15) is 4.79 Å². The Morgan fingerprint density at radius 3 is 3.00 bits per heavy atom. The molecule has 1 aliphatic carbocycles. The lowest BCUT2D eigenvalue weighted by Crippen LogP contribution is -2.44. The second kappa shape index (κ2) is 4.28. The molecule has 1 aromatic heterocycles. The molecule has 0 spiro atoms. The summed E-state index contributed by atoms with van der Waals surface area (Å²) in [6.45, 7) is 1.89. The summed E-state index contributed by atoms with van der Waals surface area (Å²) in [5, 5.41) is 5.63. The molecule has 5 heteroatoms. The highest BCUT2D eigenvalue weighted by molar-refractivity contribution is 7.09. The van der Waals surface area contributed by atoms with Crippen LogP contribution < -0.4 is 11.1 Å². The first kappa shape index (κ1) is 10.6. The largest absolute Gasteiger partial charge is 0.346 e. The van der Waals surface area contributed by atoms with Crippen molar-refractivity contribution in [3.8, 4) is 0 Å². The van der Waals surface area contributed by atoms with Gasteiger partial charge in [-0.05, 0) is 26.2 Å². The van der Waals surface area contributed by atoms with Gasteiger partial charge in [-0.2, -0.15) is 0 Å². The van der Waals surface area contributed by atoms with Crippen LogP contribution in [-0.2, 0) is 0 Å². The molecule has 0 bridgehead atoms. The van der Waals surface area contributed by atoms with Gasteiger partial charge in [0, 0.05) is 17.5 Å². The van der Waals surface area contributed by atoms with E-state index < -0.39 is 0 Å². The van der Waals surface area contributed by atoms with Gasteiger partial charge in [0.15, 0.2) is 0 Å². The van der Waals surface area contributed by atoms with E-state index in [1.54, 1.807) is 5.38 Å². The molecule has 2 unspecified atom stereocenters. The van der Waals surface area contributed by atoms with Crippen LogP contribution in [-0.4, -0.2) is 23.0 Å². The van der Waals surface area contributed by atoms with Crippen LogP contribution in [0.2, 0.25) is 0 Å². The Morgan fingerprint density at radius 2 is 2.47 bits per heavy atom. The SMILES string of the molecule is Cc1nc(C(=O)NC2CCCC2N)cs1. The van der Waals surface area contributed by atoms with Crippen molar-refractivity contribution in [3.63, 3.8) is 0 Å². The molecule has 3 N–H and O–H groups in total. The second-order valence-corrected chi connectivity index (χ2v) is 4.99. The van der Waals surface area contributed by atoms with Crippen LogP contribution in [0, 0.1) is 6.92 Å². The molecule has 82 valence electrons. The predicted molar refractivity (Wildman–Crippen MR) is 59.9 cm³/mol. The molecule has 0 aliphatic heterocycles. The van der Waals surface area contributed by atoms with Gasteiger partial charge in [-0.25, -0.2) is 4.98 Å². The summed E-state index contributed by atoms with van der Waals surface area (Å²) < 4.78 is 0. The summed E-state index contributed by atoms with van der Waals surface area (Å²) in [6, 6.07) is 0.230. The predicted octanol–water partition coefficient (Wildman–Crippen LogP) is 1.06. The highest BCUT2D eigenvalue weighted by Gasteiger charge is 2.26. The zero-order valence-electron chi connectivity index (χ0n) is 8.69. The summed E-state index contributed by atoms with van der Waals surface area (Å²) in [5.41, 5.74) is 6.39. The molecular formula is C10H15N3OS. The first-order valence-electron chi connectivity index (χ1n) is 5.15. The van der Waals surface area contributed by atoms with Crippen LogP contribution in [0.4, 0.5) is 0 Å². The first-order chi connectivity index (χ1) is 7.16. The number of amides is 1. The van der Waals surface area contributed by atoms with E-state index in [2.05, 4.69) is 10.3 Å². The van der Waals surface area contributed by atoms with E-state index in [1.165, 1.54) is 11.3 Å². The van der Waals surface area contributed by atoms with Gasteiger partial charge in [0.05, 0.1) is 5.01 Å². The van der Waals surface area contributed by atoms with Crippen molar-refractivity contribution >= 4 is 17.2 Å². The molecule has 15 heavy (non-hydrogen) atoms. The van der Waals surface area contributed by atoms with Crippen LogP contribution in [0.1, 0.15) is 34.8 Å². The van der Waals surface area contributed by atoms with E-state index in [-0.39, 0.29) is 18.0 Å². The fourth-order valence-electron chi connectivity index (χ4n) is 1.88. The van der Waals surface area contributed by atoms with E-state index in [0.29, 0.717) is 5.69 Å². The first-order valence-corrected chi connectivity index (χ1v) is 6.03. The van der Waals surface area contributed by atoms with Gasteiger partial charge in [0.2, 0.25) is 0 Å². The van der Waals surface area contributed by atoms with Crippen LogP contribution in [0.25, 0.3) is 0 Å². The van der Waals surface area contributed by atoms with Gasteiger partial charge in [-0.1, -0.05) is 0 Å². The number of hydrogen-bond donors (Lipinski definition) is 2. The minimum Gasteiger partial charge on any atom is -0.346 e. The van der Waals surface area contributed by atoms with Crippen LogP contribution in [0.3, 0.4) is 0 Å². The number of nitrogens with one attached hydrogen (secondary N) is 1. The van der Waals surface area contributed by atoms with Crippen LogP contribution >= 0.6 is 11.3 Å². The molecule has 2 atom stereocenters. The third-order valence-electron chi connectivity index (χ3n) is 2.74. The van der Waals surface area contributed by atoms with E-state index in [4.69, 9.17) is 5.73 Å². The summed E-state index contributed by atoms with van der Waals surface area (Å²) in [6.07, 6.45) is 3.08. The number of carbonyl (C=O) groups excluding carboxylic acids is 1. The van der Waals surface area contributed by atoms with E-state index in [1.807, 2.05) is 6.92 Å².